The van der Waals surface area contributed by atoms with Crippen LogP contribution in [0.25, 0.3) is 0 Å². The first kappa shape index (κ1) is 15.9. The molecule has 112 valence electrons. The van der Waals surface area contributed by atoms with Gasteiger partial charge in [0.1, 0.15) is 10.7 Å². The van der Waals surface area contributed by atoms with Gasteiger partial charge in [-0.1, -0.05) is 15.9 Å². The molecule has 0 amide bonds. The first-order valence-electron chi connectivity index (χ1n) is 6.53. The van der Waals surface area contributed by atoms with Crippen molar-refractivity contribution >= 4 is 26.0 Å². The zero-order chi connectivity index (χ0) is 14.9. The summed E-state index contributed by atoms with van der Waals surface area (Å²) in [6.07, 6.45) is 1.43. The molecule has 1 unspecified atom stereocenters. The van der Waals surface area contributed by atoms with Crippen LogP contribution in [0.5, 0.6) is 0 Å². The highest BCUT2D eigenvalue weighted by molar-refractivity contribution is 9.10. The highest BCUT2D eigenvalue weighted by Gasteiger charge is 2.32. The van der Waals surface area contributed by atoms with Gasteiger partial charge in [0.25, 0.3) is 0 Å². The van der Waals surface area contributed by atoms with Crippen molar-refractivity contribution in [3.05, 3.63) is 28.5 Å². The van der Waals surface area contributed by atoms with Gasteiger partial charge in [-0.25, -0.2) is 12.8 Å². The third-order valence-corrected chi connectivity index (χ3v) is 6.16. The molecule has 0 spiro atoms. The second kappa shape index (κ2) is 6.09. The molecule has 0 saturated carbocycles. The van der Waals surface area contributed by atoms with Gasteiger partial charge in [0, 0.05) is 23.6 Å². The van der Waals surface area contributed by atoms with Gasteiger partial charge < -0.3 is 5.73 Å². The fourth-order valence-electron chi connectivity index (χ4n) is 2.46. The molecule has 0 radical (unpaired) electrons. The Hall–Kier alpha value is -0.500. The van der Waals surface area contributed by atoms with Gasteiger partial charge >= 0.3 is 0 Å². The fourth-order valence-corrected chi connectivity index (χ4v) is 4.53. The monoisotopic (exact) mass is 364 g/mol. The van der Waals surface area contributed by atoms with Gasteiger partial charge in [-0.3, -0.25) is 0 Å². The van der Waals surface area contributed by atoms with Crippen LogP contribution in [-0.4, -0.2) is 31.9 Å². The molecule has 1 aromatic carbocycles. The van der Waals surface area contributed by atoms with E-state index in [9.17, 15) is 12.8 Å². The number of benzene rings is 1. The standard InChI is InChI=1S/C13H18BrFN2O2S/c1-9(16)10-4-6-17(7-5-10)20(18,19)13-8-11(14)2-3-12(13)15/h2-3,8-10H,4-7,16H2,1H3. The minimum atomic E-state index is -3.78. The van der Waals surface area contributed by atoms with E-state index in [1.807, 2.05) is 6.92 Å². The molecule has 2 N–H and O–H groups in total. The number of halogens is 2. The predicted octanol–water partition coefficient (Wildman–Crippen LogP) is 2.34. The average Bonchev–Trinajstić information content (AvgIpc) is 2.41. The van der Waals surface area contributed by atoms with E-state index in [4.69, 9.17) is 5.73 Å². The molecular formula is C13H18BrFN2O2S. The smallest absolute Gasteiger partial charge is 0.246 e. The second-order valence-corrected chi connectivity index (χ2v) is 8.00. The lowest BCUT2D eigenvalue weighted by Gasteiger charge is -2.33. The van der Waals surface area contributed by atoms with E-state index in [0.29, 0.717) is 36.3 Å². The third-order valence-electron chi connectivity index (χ3n) is 3.75. The molecule has 1 aromatic rings. The fraction of sp³-hybridized carbons (Fsp3) is 0.538. The Balaban J connectivity index is 2.22. The number of piperidine rings is 1. The zero-order valence-corrected chi connectivity index (χ0v) is 13.6. The molecule has 4 nitrogen and oxygen atoms in total. The van der Waals surface area contributed by atoms with Crippen molar-refractivity contribution in [3.63, 3.8) is 0 Å². The maximum absolute atomic E-state index is 13.8. The predicted molar refractivity (Wildman–Crippen MR) is 79.2 cm³/mol. The maximum Gasteiger partial charge on any atom is 0.246 e. The van der Waals surface area contributed by atoms with Crippen molar-refractivity contribution in [1.29, 1.82) is 0 Å². The van der Waals surface area contributed by atoms with E-state index in [-0.39, 0.29) is 10.9 Å². The van der Waals surface area contributed by atoms with Crippen molar-refractivity contribution in [2.24, 2.45) is 11.7 Å². The molecular weight excluding hydrogens is 347 g/mol. The number of nitrogens with two attached hydrogens (primary N) is 1. The minimum absolute atomic E-state index is 0.0578. The van der Waals surface area contributed by atoms with E-state index in [0.717, 1.165) is 6.07 Å². The van der Waals surface area contributed by atoms with Gasteiger partial charge in [-0.05, 0) is 43.9 Å². The molecule has 1 aliphatic heterocycles. The highest BCUT2D eigenvalue weighted by atomic mass is 79.9. The van der Waals surface area contributed by atoms with Crippen LogP contribution in [0.3, 0.4) is 0 Å². The summed E-state index contributed by atoms with van der Waals surface area (Å²) in [7, 11) is -3.78. The normalized spacial score (nSPS) is 20.0. The number of rotatable bonds is 3. The Labute approximate surface area is 127 Å². The molecule has 1 fully saturated rings. The lowest BCUT2D eigenvalue weighted by molar-refractivity contribution is 0.250. The average molecular weight is 365 g/mol. The summed E-state index contributed by atoms with van der Waals surface area (Å²) in [6, 6.07) is 4.01. The zero-order valence-electron chi connectivity index (χ0n) is 11.2. The van der Waals surface area contributed by atoms with Crippen molar-refractivity contribution in [2.75, 3.05) is 13.1 Å². The van der Waals surface area contributed by atoms with Crippen LogP contribution in [0.4, 0.5) is 4.39 Å². The highest BCUT2D eigenvalue weighted by Crippen LogP contribution is 2.28. The van der Waals surface area contributed by atoms with Crippen LogP contribution < -0.4 is 5.73 Å². The molecule has 1 saturated heterocycles. The van der Waals surface area contributed by atoms with Crippen LogP contribution in [0, 0.1) is 11.7 Å². The maximum atomic E-state index is 13.8. The van der Waals surface area contributed by atoms with Crippen LogP contribution in [-0.2, 0) is 10.0 Å². The van der Waals surface area contributed by atoms with Gasteiger partial charge in [0.15, 0.2) is 0 Å². The van der Waals surface area contributed by atoms with Crippen molar-refractivity contribution in [2.45, 2.75) is 30.7 Å². The topological polar surface area (TPSA) is 63.4 Å². The lowest BCUT2D eigenvalue weighted by Crippen LogP contribution is -2.42. The number of sulfonamides is 1. The SMILES string of the molecule is CC(N)C1CCN(S(=O)(=O)c2cc(Br)ccc2F)CC1. The van der Waals surface area contributed by atoms with Gasteiger partial charge in [-0.2, -0.15) is 4.31 Å². The summed E-state index contributed by atoms with van der Waals surface area (Å²) >= 11 is 3.18. The van der Waals surface area contributed by atoms with E-state index in [1.54, 1.807) is 0 Å². The molecule has 1 aliphatic rings. The minimum Gasteiger partial charge on any atom is -0.328 e. The lowest BCUT2D eigenvalue weighted by atomic mass is 9.92. The van der Waals surface area contributed by atoms with Gasteiger partial charge in [0.05, 0.1) is 0 Å². The summed E-state index contributed by atoms with van der Waals surface area (Å²) in [4.78, 5) is -0.272. The number of hydrogen-bond acceptors (Lipinski definition) is 3. The summed E-state index contributed by atoms with van der Waals surface area (Å²) in [5.41, 5.74) is 5.84. The van der Waals surface area contributed by atoms with E-state index in [1.165, 1.54) is 16.4 Å². The summed E-state index contributed by atoms with van der Waals surface area (Å²) < 4.78 is 40.6. The van der Waals surface area contributed by atoms with Crippen LogP contribution in [0.15, 0.2) is 27.6 Å². The van der Waals surface area contributed by atoms with Crippen molar-refractivity contribution in [1.82, 2.24) is 4.31 Å². The Bertz CT molecular complexity index is 584. The van der Waals surface area contributed by atoms with Crippen molar-refractivity contribution < 1.29 is 12.8 Å². The first-order valence-corrected chi connectivity index (χ1v) is 8.76. The van der Waals surface area contributed by atoms with Gasteiger partial charge in [0.2, 0.25) is 10.0 Å². The quantitative estimate of drug-likeness (QED) is 0.894. The second-order valence-electron chi connectivity index (χ2n) is 5.18. The molecule has 1 atom stereocenters. The Morgan fingerprint density at radius 2 is 2.00 bits per heavy atom. The van der Waals surface area contributed by atoms with Gasteiger partial charge in [-0.15, -0.1) is 0 Å². The molecule has 7 heteroatoms. The van der Waals surface area contributed by atoms with E-state index < -0.39 is 15.8 Å². The van der Waals surface area contributed by atoms with Crippen LogP contribution in [0.1, 0.15) is 19.8 Å². The summed E-state index contributed by atoms with van der Waals surface area (Å²) in [6.45, 7) is 2.71. The number of hydrogen-bond donors (Lipinski definition) is 1. The molecule has 1 heterocycles. The third kappa shape index (κ3) is 3.21. The molecule has 20 heavy (non-hydrogen) atoms. The van der Waals surface area contributed by atoms with E-state index in [2.05, 4.69) is 15.9 Å². The summed E-state index contributed by atoms with van der Waals surface area (Å²) in [5.74, 6) is -0.392. The molecule has 0 bridgehead atoms. The van der Waals surface area contributed by atoms with Crippen LogP contribution in [0.2, 0.25) is 0 Å². The Morgan fingerprint density at radius 1 is 1.40 bits per heavy atom. The Morgan fingerprint density at radius 3 is 2.55 bits per heavy atom. The van der Waals surface area contributed by atoms with Crippen molar-refractivity contribution in [3.8, 4) is 0 Å². The molecule has 0 aliphatic carbocycles. The first-order chi connectivity index (χ1) is 9.32. The molecule has 0 aromatic heterocycles. The molecule has 2 rings (SSSR count). The van der Waals surface area contributed by atoms with Crippen LogP contribution >= 0.6 is 15.9 Å². The number of nitrogens with zero attached hydrogens (tertiary/aromatic N) is 1. The largest absolute Gasteiger partial charge is 0.328 e. The summed E-state index contributed by atoms with van der Waals surface area (Å²) in [5, 5.41) is 0. The Kier molecular flexibility index (Phi) is 4.84. The van der Waals surface area contributed by atoms with E-state index >= 15 is 0 Å².